The number of nitrogens with one attached hydrogen (secondary N) is 2. The van der Waals surface area contributed by atoms with Crippen LogP contribution in [0.2, 0.25) is 0 Å². The summed E-state index contributed by atoms with van der Waals surface area (Å²) in [5, 5.41) is 7.43. The van der Waals surface area contributed by atoms with Gasteiger partial charge in [0, 0.05) is 23.8 Å². The molecule has 2 fully saturated rings. The lowest BCUT2D eigenvalue weighted by molar-refractivity contribution is 0.378. The van der Waals surface area contributed by atoms with Gasteiger partial charge in [-0.1, -0.05) is 17.7 Å². The molecule has 1 aromatic carbocycles. The highest BCUT2D eigenvalue weighted by Gasteiger charge is 2.33. The van der Waals surface area contributed by atoms with Crippen molar-refractivity contribution in [1.82, 2.24) is 5.32 Å². The van der Waals surface area contributed by atoms with Gasteiger partial charge in [-0.05, 0) is 51.2 Å². The molecule has 0 amide bonds. The molecule has 17 heavy (non-hydrogen) atoms. The predicted molar refractivity (Wildman–Crippen MR) is 72.5 cm³/mol. The minimum Gasteiger partial charge on any atom is -0.382 e. The molecule has 2 aliphatic rings. The van der Waals surface area contributed by atoms with E-state index < -0.39 is 0 Å². The number of piperidine rings is 1. The van der Waals surface area contributed by atoms with E-state index in [0.717, 1.165) is 12.1 Å². The number of hydrogen-bond acceptors (Lipinski definition) is 2. The maximum absolute atomic E-state index is 3.74. The SMILES string of the molecule is Cc1ccc(NC2CC3CCC(C2)N3)c(C)c1. The van der Waals surface area contributed by atoms with Gasteiger partial charge < -0.3 is 10.6 Å². The van der Waals surface area contributed by atoms with Gasteiger partial charge in [0.1, 0.15) is 0 Å². The van der Waals surface area contributed by atoms with Crippen molar-refractivity contribution in [2.45, 2.75) is 57.7 Å². The van der Waals surface area contributed by atoms with Crippen molar-refractivity contribution in [2.75, 3.05) is 5.32 Å². The Kier molecular flexibility index (Phi) is 2.83. The first kappa shape index (κ1) is 11.1. The number of benzene rings is 1. The van der Waals surface area contributed by atoms with Crippen molar-refractivity contribution in [2.24, 2.45) is 0 Å². The second-order valence-electron chi connectivity index (χ2n) is 5.77. The molecule has 2 nitrogen and oxygen atoms in total. The number of rotatable bonds is 2. The Balaban J connectivity index is 1.70. The molecule has 0 aliphatic carbocycles. The first-order chi connectivity index (χ1) is 8.20. The van der Waals surface area contributed by atoms with Crippen molar-refractivity contribution in [3.8, 4) is 0 Å². The molecule has 92 valence electrons. The Hall–Kier alpha value is -1.02. The van der Waals surface area contributed by atoms with Crippen LogP contribution in [0.15, 0.2) is 18.2 Å². The molecule has 2 atom stereocenters. The van der Waals surface area contributed by atoms with E-state index in [1.54, 1.807) is 0 Å². The first-order valence-electron chi connectivity index (χ1n) is 6.80. The Morgan fingerprint density at radius 2 is 1.82 bits per heavy atom. The summed E-state index contributed by atoms with van der Waals surface area (Å²) >= 11 is 0. The lowest BCUT2D eigenvalue weighted by Gasteiger charge is -2.31. The average Bonchev–Trinajstić information content (AvgIpc) is 2.62. The van der Waals surface area contributed by atoms with Gasteiger partial charge >= 0.3 is 0 Å². The minimum atomic E-state index is 0.662. The molecule has 1 aromatic rings. The van der Waals surface area contributed by atoms with Gasteiger partial charge in [-0.3, -0.25) is 0 Å². The first-order valence-corrected chi connectivity index (χ1v) is 6.80. The van der Waals surface area contributed by atoms with E-state index in [4.69, 9.17) is 0 Å². The molecule has 0 radical (unpaired) electrons. The molecule has 2 saturated heterocycles. The zero-order valence-corrected chi connectivity index (χ0v) is 10.8. The van der Waals surface area contributed by atoms with E-state index in [-0.39, 0.29) is 0 Å². The van der Waals surface area contributed by atoms with E-state index >= 15 is 0 Å². The normalized spacial score (nSPS) is 31.5. The molecule has 0 saturated carbocycles. The van der Waals surface area contributed by atoms with Crippen molar-refractivity contribution in [1.29, 1.82) is 0 Å². The van der Waals surface area contributed by atoms with E-state index in [1.807, 2.05) is 0 Å². The summed E-state index contributed by atoms with van der Waals surface area (Å²) in [4.78, 5) is 0. The number of aryl methyl sites for hydroxylation is 2. The number of fused-ring (bicyclic) bond motifs is 2. The Bertz CT molecular complexity index is 401. The lowest BCUT2D eigenvalue weighted by atomic mass is 9.99. The minimum absolute atomic E-state index is 0.662. The molecule has 2 heterocycles. The molecule has 0 spiro atoms. The van der Waals surface area contributed by atoms with Crippen LogP contribution in [0.25, 0.3) is 0 Å². The largest absolute Gasteiger partial charge is 0.382 e. The molecule has 2 heteroatoms. The van der Waals surface area contributed by atoms with Crippen LogP contribution in [-0.2, 0) is 0 Å². The highest BCUT2D eigenvalue weighted by atomic mass is 15.0. The quantitative estimate of drug-likeness (QED) is 0.816. The third-order valence-corrected chi connectivity index (χ3v) is 4.21. The fourth-order valence-electron chi connectivity index (χ4n) is 3.37. The molecule has 2 N–H and O–H groups in total. The van der Waals surface area contributed by atoms with Crippen molar-refractivity contribution in [3.05, 3.63) is 29.3 Å². The smallest absolute Gasteiger partial charge is 0.0372 e. The van der Waals surface area contributed by atoms with Crippen LogP contribution in [-0.4, -0.2) is 18.1 Å². The van der Waals surface area contributed by atoms with E-state index in [1.165, 1.54) is 42.5 Å². The van der Waals surface area contributed by atoms with Crippen LogP contribution in [0.1, 0.15) is 36.8 Å². The number of hydrogen-bond donors (Lipinski definition) is 2. The third kappa shape index (κ3) is 2.32. The summed E-state index contributed by atoms with van der Waals surface area (Å²) in [6.45, 7) is 4.35. The van der Waals surface area contributed by atoms with Crippen LogP contribution in [0.5, 0.6) is 0 Å². The van der Waals surface area contributed by atoms with Crippen LogP contribution in [0, 0.1) is 13.8 Å². The van der Waals surface area contributed by atoms with Gasteiger partial charge in [-0.2, -0.15) is 0 Å². The summed E-state index contributed by atoms with van der Waals surface area (Å²) in [5.41, 5.74) is 4.04. The summed E-state index contributed by atoms with van der Waals surface area (Å²) in [5.74, 6) is 0. The average molecular weight is 230 g/mol. The molecule has 2 unspecified atom stereocenters. The highest BCUT2D eigenvalue weighted by molar-refractivity contribution is 5.52. The zero-order valence-electron chi connectivity index (χ0n) is 10.8. The van der Waals surface area contributed by atoms with Crippen LogP contribution in [0.3, 0.4) is 0 Å². The van der Waals surface area contributed by atoms with Gasteiger partial charge in [-0.25, -0.2) is 0 Å². The molecule has 2 aliphatic heterocycles. The topological polar surface area (TPSA) is 24.1 Å². The van der Waals surface area contributed by atoms with Crippen LogP contribution < -0.4 is 10.6 Å². The summed E-state index contributed by atoms with van der Waals surface area (Å²) in [6.07, 6.45) is 5.30. The van der Waals surface area contributed by atoms with Gasteiger partial charge in [0.25, 0.3) is 0 Å². The Morgan fingerprint density at radius 1 is 1.12 bits per heavy atom. The van der Waals surface area contributed by atoms with Crippen LogP contribution in [0.4, 0.5) is 5.69 Å². The van der Waals surface area contributed by atoms with Gasteiger partial charge in [0.15, 0.2) is 0 Å². The summed E-state index contributed by atoms with van der Waals surface area (Å²) < 4.78 is 0. The Morgan fingerprint density at radius 3 is 2.47 bits per heavy atom. The van der Waals surface area contributed by atoms with E-state index in [2.05, 4.69) is 42.7 Å². The molecule has 2 bridgehead atoms. The van der Waals surface area contributed by atoms with Crippen molar-refractivity contribution >= 4 is 5.69 Å². The standard InChI is InChI=1S/C15H22N2/c1-10-3-6-15(11(2)7-10)17-14-8-12-4-5-13(9-14)16-12/h3,6-7,12-14,16-17H,4-5,8-9H2,1-2H3. The van der Waals surface area contributed by atoms with E-state index in [9.17, 15) is 0 Å². The second kappa shape index (κ2) is 4.34. The predicted octanol–water partition coefficient (Wildman–Crippen LogP) is 3.00. The summed E-state index contributed by atoms with van der Waals surface area (Å²) in [7, 11) is 0. The lowest BCUT2D eigenvalue weighted by Crippen LogP contribution is -2.43. The fourth-order valence-corrected chi connectivity index (χ4v) is 3.37. The van der Waals surface area contributed by atoms with Gasteiger partial charge in [-0.15, -0.1) is 0 Å². The van der Waals surface area contributed by atoms with Gasteiger partial charge in [0.05, 0.1) is 0 Å². The van der Waals surface area contributed by atoms with E-state index in [0.29, 0.717) is 6.04 Å². The second-order valence-corrected chi connectivity index (χ2v) is 5.77. The van der Waals surface area contributed by atoms with Crippen LogP contribution >= 0.6 is 0 Å². The fraction of sp³-hybridized carbons (Fsp3) is 0.600. The van der Waals surface area contributed by atoms with Crippen molar-refractivity contribution < 1.29 is 0 Å². The Labute approximate surface area is 104 Å². The maximum Gasteiger partial charge on any atom is 0.0372 e. The molecule has 3 rings (SSSR count). The molecular weight excluding hydrogens is 208 g/mol. The maximum atomic E-state index is 3.74. The van der Waals surface area contributed by atoms with Crippen molar-refractivity contribution in [3.63, 3.8) is 0 Å². The molecular formula is C15H22N2. The third-order valence-electron chi connectivity index (χ3n) is 4.21. The highest BCUT2D eigenvalue weighted by Crippen LogP contribution is 2.29. The van der Waals surface area contributed by atoms with Gasteiger partial charge in [0.2, 0.25) is 0 Å². The molecule has 0 aromatic heterocycles. The monoisotopic (exact) mass is 230 g/mol. The number of anilines is 1. The summed E-state index contributed by atoms with van der Waals surface area (Å²) in [6, 6.07) is 8.88. The zero-order chi connectivity index (χ0) is 11.8.